The Labute approximate surface area is 148 Å². The number of carbonyl (C=O) groups excluding carboxylic acids is 1. The number of amides is 1. The number of benzene rings is 2. The van der Waals surface area contributed by atoms with E-state index in [1.165, 1.54) is 23.9 Å². The minimum absolute atomic E-state index is 0.0164. The normalized spacial score (nSPS) is 17.1. The van der Waals surface area contributed by atoms with Gasteiger partial charge in [0.25, 0.3) is 11.6 Å². The average Bonchev–Trinajstić information content (AvgIpc) is 2.86. The number of aliphatic imine (C=N–C) groups is 1. The second kappa shape index (κ2) is 6.90. The van der Waals surface area contributed by atoms with Gasteiger partial charge in [-0.1, -0.05) is 6.07 Å². The van der Waals surface area contributed by atoms with Crippen LogP contribution in [0, 0.1) is 24.0 Å². The molecule has 6 nitrogen and oxygen atoms in total. The first-order valence-electron chi connectivity index (χ1n) is 7.53. The van der Waals surface area contributed by atoms with Crippen molar-refractivity contribution in [2.24, 2.45) is 4.99 Å². The highest BCUT2D eigenvalue weighted by molar-refractivity contribution is 8.18. The fourth-order valence-electron chi connectivity index (χ4n) is 2.46. The van der Waals surface area contributed by atoms with Gasteiger partial charge >= 0.3 is 0 Å². The molecular formula is C18H15N3O3S. The number of thioether (sulfide) groups is 1. The van der Waals surface area contributed by atoms with Crippen LogP contribution in [-0.2, 0) is 4.79 Å². The number of amidine groups is 1. The summed E-state index contributed by atoms with van der Waals surface area (Å²) in [5.74, 6) is -0.230. The summed E-state index contributed by atoms with van der Waals surface area (Å²) in [5.41, 5.74) is 3.74. The van der Waals surface area contributed by atoms with Crippen molar-refractivity contribution >= 4 is 40.3 Å². The molecule has 0 radical (unpaired) electrons. The highest BCUT2D eigenvalue weighted by atomic mass is 32.2. The Bertz CT molecular complexity index is 897. The highest BCUT2D eigenvalue weighted by Gasteiger charge is 2.23. The van der Waals surface area contributed by atoms with Crippen LogP contribution in [0.25, 0.3) is 6.08 Å². The summed E-state index contributed by atoms with van der Waals surface area (Å²) < 4.78 is 0. The van der Waals surface area contributed by atoms with E-state index in [9.17, 15) is 14.9 Å². The quantitative estimate of drug-likeness (QED) is 0.511. The lowest BCUT2D eigenvalue weighted by molar-refractivity contribution is -0.384. The van der Waals surface area contributed by atoms with Crippen LogP contribution in [0.5, 0.6) is 0 Å². The molecule has 0 atom stereocenters. The number of non-ortho nitro benzene ring substituents is 1. The molecule has 25 heavy (non-hydrogen) atoms. The van der Waals surface area contributed by atoms with Crippen LogP contribution in [0.15, 0.2) is 52.4 Å². The fourth-order valence-corrected chi connectivity index (χ4v) is 3.30. The van der Waals surface area contributed by atoms with Crippen molar-refractivity contribution in [1.29, 1.82) is 0 Å². The van der Waals surface area contributed by atoms with Crippen LogP contribution >= 0.6 is 11.8 Å². The van der Waals surface area contributed by atoms with E-state index in [2.05, 4.69) is 16.4 Å². The zero-order valence-electron chi connectivity index (χ0n) is 13.6. The lowest BCUT2D eigenvalue weighted by atomic mass is 10.1. The lowest BCUT2D eigenvalue weighted by Gasteiger charge is -2.00. The maximum atomic E-state index is 12.1. The van der Waals surface area contributed by atoms with E-state index in [1.54, 1.807) is 18.2 Å². The Kier molecular flexibility index (Phi) is 4.67. The monoisotopic (exact) mass is 353 g/mol. The largest absolute Gasteiger partial charge is 0.300 e. The number of nitrogens with zero attached hydrogens (tertiary/aromatic N) is 2. The maximum Gasteiger partial charge on any atom is 0.269 e. The summed E-state index contributed by atoms with van der Waals surface area (Å²) in [6.07, 6.45) is 1.69. The van der Waals surface area contributed by atoms with Crippen LogP contribution in [0.4, 0.5) is 11.4 Å². The molecule has 0 spiro atoms. The van der Waals surface area contributed by atoms with Gasteiger partial charge in [0.15, 0.2) is 5.17 Å². The van der Waals surface area contributed by atoms with Crippen LogP contribution in [0.1, 0.15) is 16.7 Å². The molecule has 1 amide bonds. The Morgan fingerprint density at radius 2 is 1.76 bits per heavy atom. The van der Waals surface area contributed by atoms with E-state index in [4.69, 9.17) is 0 Å². The third-order valence-corrected chi connectivity index (χ3v) is 4.40. The molecule has 3 rings (SSSR count). The molecule has 0 aromatic heterocycles. The van der Waals surface area contributed by atoms with Crippen molar-refractivity contribution in [3.05, 3.63) is 74.2 Å². The second-order valence-electron chi connectivity index (χ2n) is 5.68. The topological polar surface area (TPSA) is 84.6 Å². The number of carbonyl (C=O) groups is 1. The Hall–Kier alpha value is -2.93. The molecule has 7 heteroatoms. The molecule has 2 aromatic carbocycles. The Morgan fingerprint density at radius 1 is 1.12 bits per heavy atom. The molecule has 1 N–H and O–H groups in total. The lowest BCUT2D eigenvalue weighted by Crippen LogP contribution is -2.19. The number of nitro benzene ring substituents is 1. The van der Waals surface area contributed by atoms with E-state index < -0.39 is 4.92 Å². The number of hydrogen-bond acceptors (Lipinski definition) is 5. The number of nitro groups is 1. The van der Waals surface area contributed by atoms with Gasteiger partial charge in [0.1, 0.15) is 0 Å². The first-order valence-corrected chi connectivity index (χ1v) is 8.35. The SMILES string of the molecule is Cc1cc(C)cc(N=C2NC(=O)/C(=C/c3ccc([N+](=O)[O-])cc3)S2)c1. The Morgan fingerprint density at radius 3 is 2.36 bits per heavy atom. The number of aryl methyl sites for hydroxylation is 2. The third kappa shape index (κ3) is 4.13. The minimum atomic E-state index is -0.456. The minimum Gasteiger partial charge on any atom is -0.300 e. The summed E-state index contributed by atoms with van der Waals surface area (Å²) in [6.45, 7) is 3.99. The molecule has 1 fully saturated rings. The number of rotatable bonds is 3. The zero-order chi connectivity index (χ0) is 18.0. The van der Waals surface area contributed by atoms with Gasteiger partial charge in [0, 0.05) is 12.1 Å². The predicted molar refractivity (Wildman–Crippen MR) is 99.8 cm³/mol. The van der Waals surface area contributed by atoms with Crippen molar-refractivity contribution in [2.45, 2.75) is 13.8 Å². The van der Waals surface area contributed by atoms with Crippen molar-refractivity contribution in [3.63, 3.8) is 0 Å². The molecule has 1 aliphatic rings. The second-order valence-corrected chi connectivity index (χ2v) is 6.71. The molecule has 1 heterocycles. The average molecular weight is 353 g/mol. The summed E-state index contributed by atoms with van der Waals surface area (Å²) in [5, 5.41) is 13.9. The standard InChI is InChI=1S/C18H15N3O3S/c1-11-7-12(2)9-14(8-11)19-18-20-17(22)16(25-18)10-13-3-5-15(6-4-13)21(23)24/h3-10H,1-2H3,(H,19,20,22)/b16-10-. The molecule has 1 saturated heterocycles. The first kappa shape index (κ1) is 16.9. The van der Waals surface area contributed by atoms with Crippen LogP contribution < -0.4 is 5.32 Å². The Balaban J connectivity index is 1.82. The summed E-state index contributed by atoms with van der Waals surface area (Å²) in [4.78, 5) is 27.3. The van der Waals surface area contributed by atoms with E-state index in [0.717, 1.165) is 22.4 Å². The van der Waals surface area contributed by atoms with Crippen molar-refractivity contribution in [3.8, 4) is 0 Å². The van der Waals surface area contributed by atoms with Gasteiger partial charge in [-0.05, 0) is 72.6 Å². The first-order chi connectivity index (χ1) is 11.9. The van der Waals surface area contributed by atoms with Crippen LogP contribution in [0.3, 0.4) is 0 Å². The smallest absolute Gasteiger partial charge is 0.269 e. The summed E-state index contributed by atoms with van der Waals surface area (Å²) in [7, 11) is 0. The van der Waals surface area contributed by atoms with Crippen molar-refractivity contribution in [1.82, 2.24) is 5.32 Å². The van der Waals surface area contributed by atoms with Gasteiger partial charge in [-0.25, -0.2) is 4.99 Å². The molecule has 126 valence electrons. The van der Waals surface area contributed by atoms with Crippen LogP contribution in [0.2, 0.25) is 0 Å². The summed E-state index contributed by atoms with van der Waals surface area (Å²) in [6, 6.07) is 12.0. The van der Waals surface area contributed by atoms with Crippen molar-refractivity contribution in [2.75, 3.05) is 0 Å². The molecule has 2 aromatic rings. The van der Waals surface area contributed by atoms with E-state index in [0.29, 0.717) is 10.1 Å². The van der Waals surface area contributed by atoms with Gasteiger partial charge in [-0.2, -0.15) is 0 Å². The molecule has 0 aliphatic carbocycles. The molecule has 1 aliphatic heterocycles. The summed E-state index contributed by atoms with van der Waals surface area (Å²) >= 11 is 1.25. The highest BCUT2D eigenvalue weighted by Crippen LogP contribution is 2.29. The predicted octanol–water partition coefficient (Wildman–Crippen LogP) is 4.10. The fraction of sp³-hybridized carbons (Fsp3) is 0.111. The van der Waals surface area contributed by atoms with E-state index in [1.807, 2.05) is 26.0 Å². The number of nitrogens with one attached hydrogen (secondary N) is 1. The van der Waals surface area contributed by atoms with Gasteiger partial charge in [0.05, 0.1) is 15.5 Å². The van der Waals surface area contributed by atoms with Crippen LogP contribution in [-0.4, -0.2) is 16.0 Å². The van der Waals surface area contributed by atoms with Gasteiger partial charge in [0.2, 0.25) is 0 Å². The van der Waals surface area contributed by atoms with E-state index in [-0.39, 0.29) is 11.6 Å². The van der Waals surface area contributed by atoms with Gasteiger partial charge < -0.3 is 5.32 Å². The molecule has 0 unspecified atom stereocenters. The molecular weight excluding hydrogens is 338 g/mol. The van der Waals surface area contributed by atoms with E-state index >= 15 is 0 Å². The van der Waals surface area contributed by atoms with Gasteiger partial charge in [-0.3, -0.25) is 14.9 Å². The number of hydrogen-bond donors (Lipinski definition) is 1. The zero-order valence-corrected chi connectivity index (χ0v) is 14.5. The maximum absolute atomic E-state index is 12.1. The molecule has 0 bridgehead atoms. The molecule has 0 saturated carbocycles. The third-order valence-electron chi connectivity index (χ3n) is 3.49. The van der Waals surface area contributed by atoms with Gasteiger partial charge in [-0.15, -0.1) is 0 Å². The van der Waals surface area contributed by atoms with Crippen molar-refractivity contribution < 1.29 is 9.72 Å².